The van der Waals surface area contributed by atoms with Gasteiger partial charge in [0.1, 0.15) is 0 Å². The van der Waals surface area contributed by atoms with Gasteiger partial charge in [0.05, 0.1) is 19.2 Å². The minimum absolute atomic E-state index is 0. The van der Waals surface area contributed by atoms with Crippen molar-refractivity contribution in [3.8, 4) is 11.1 Å². The molecule has 6 nitrogen and oxygen atoms in total. The van der Waals surface area contributed by atoms with E-state index in [1.807, 2.05) is 60.7 Å². The lowest BCUT2D eigenvalue weighted by atomic mass is 9.99. The van der Waals surface area contributed by atoms with E-state index in [-0.39, 0.29) is 36.0 Å². The second kappa shape index (κ2) is 11.1. The number of esters is 1. The molecule has 1 N–H and O–H groups in total. The quantitative estimate of drug-likeness (QED) is 0.364. The van der Waals surface area contributed by atoms with E-state index < -0.39 is 0 Å². The molecule has 0 saturated carbocycles. The first-order valence-corrected chi connectivity index (χ1v) is 12.0. The number of anilines is 1. The summed E-state index contributed by atoms with van der Waals surface area (Å²) in [7, 11) is 1.38. The fourth-order valence-corrected chi connectivity index (χ4v) is 5.07. The van der Waals surface area contributed by atoms with E-state index in [1.54, 1.807) is 6.07 Å². The Hall–Kier alpha value is -3.48. The number of Topliss-reactive ketones (excluding diaryl/α,β-unsaturated/α-hetero) is 1. The molecule has 2 aliphatic rings. The van der Waals surface area contributed by atoms with Crippen LogP contribution in [0.2, 0.25) is 0 Å². The molecule has 1 heterocycles. The summed E-state index contributed by atoms with van der Waals surface area (Å²) in [5.74, 6) is -0.125. The predicted octanol–water partition coefficient (Wildman–Crippen LogP) is 4.79. The topological polar surface area (TPSA) is 75.7 Å². The van der Waals surface area contributed by atoms with Gasteiger partial charge in [-0.1, -0.05) is 48.5 Å². The SMILES string of the molecule is COC(=O)c1ccccc1NC1CCN(CC(=O)Cc2ccc3c(c2)-c2ccccc2C3=O)CC1.Cl. The maximum Gasteiger partial charge on any atom is 0.339 e. The second-order valence-electron chi connectivity index (χ2n) is 9.20. The summed E-state index contributed by atoms with van der Waals surface area (Å²) in [5.41, 5.74) is 5.58. The molecule has 0 atom stereocenters. The highest BCUT2D eigenvalue weighted by Gasteiger charge is 2.27. The van der Waals surface area contributed by atoms with Crippen LogP contribution in [-0.4, -0.2) is 55.2 Å². The lowest BCUT2D eigenvalue weighted by Crippen LogP contribution is -2.41. The van der Waals surface area contributed by atoms with E-state index in [0.29, 0.717) is 24.1 Å². The number of hydrogen-bond donors (Lipinski definition) is 1. The molecule has 0 spiro atoms. The molecule has 0 unspecified atom stereocenters. The Morgan fingerprint density at radius 2 is 1.58 bits per heavy atom. The van der Waals surface area contributed by atoms with Crippen molar-refractivity contribution in [2.24, 2.45) is 0 Å². The first-order valence-electron chi connectivity index (χ1n) is 12.0. The van der Waals surface area contributed by atoms with Crippen LogP contribution in [0.5, 0.6) is 0 Å². The van der Waals surface area contributed by atoms with Gasteiger partial charge >= 0.3 is 5.97 Å². The van der Waals surface area contributed by atoms with Crippen molar-refractivity contribution >= 4 is 35.6 Å². The average Bonchev–Trinajstić information content (AvgIpc) is 3.16. The first kappa shape index (κ1) is 25.6. The Kier molecular flexibility index (Phi) is 7.87. The zero-order valence-corrected chi connectivity index (χ0v) is 21.0. The molecule has 0 radical (unpaired) electrons. The molecule has 0 aromatic heterocycles. The largest absolute Gasteiger partial charge is 0.465 e. The van der Waals surface area contributed by atoms with Gasteiger partial charge < -0.3 is 10.1 Å². The van der Waals surface area contributed by atoms with Crippen molar-refractivity contribution in [1.29, 1.82) is 0 Å². The Bertz CT molecular complexity index is 1300. The van der Waals surface area contributed by atoms with E-state index >= 15 is 0 Å². The number of ketones is 2. The number of nitrogens with one attached hydrogen (secondary N) is 1. The van der Waals surface area contributed by atoms with Crippen LogP contribution in [0.25, 0.3) is 11.1 Å². The summed E-state index contributed by atoms with van der Waals surface area (Å²) in [5, 5.41) is 3.47. The highest BCUT2D eigenvalue weighted by Crippen LogP contribution is 2.37. The van der Waals surface area contributed by atoms with Crippen molar-refractivity contribution in [2.75, 3.05) is 32.1 Å². The number of carbonyl (C=O) groups excluding carboxylic acids is 3. The highest BCUT2D eigenvalue weighted by molar-refractivity contribution is 6.21. The van der Waals surface area contributed by atoms with Gasteiger partial charge in [0, 0.05) is 42.4 Å². The molecule has 1 aliphatic heterocycles. The van der Waals surface area contributed by atoms with E-state index in [1.165, 1.54) is 7.11 Å². The van der Waals surface area contributed by atoms with Gasteiger partial charge in [-0.2, -0.15) is 0 Å². The van der Waals surface area contributed by atoms with Crippen molar-refractivity contribution in [2.45, 2.75) is 25.3 Å². The third kappa shape index (κ3) is 5.20. The third-order valence-corrected chi connectivity index (χ3v) is 6.87. The molecule has 1 aliphatic carbocycles. The normalized spacial score (nSPS) is 15.0. The Morgan fingerprint density at radius 1 is 0.917 bits per heavy atom. The van der Waals surface area contributed by atoms with Crippen molar-refractivity contribution in [1.82, 2.24) is 4.90 Å². The van der Waals surface area contributed by atoms with Gasteiger partial charge in [-0.15, -0.1) is 12.4 Å². The summed E-state index contributed by atoms with van der Waals surface area (Å²) >= 11 is 0. The molecule has 3 aromatic carbocycles. The Balaban J connectivity index is 0.00000304. The number of piperidine rings is 1. The van der Waals surface area contributed by atoms with Crippen LogP contribution >= 0.6 is 12.4 Å². The lowest BCUT2D eigenvalue weighted by molar-refractivity contribution is -0.119. The minimum Gasteiger partial charge on any atom is -0.465 e. The van der Waals surface area contributed by atoms with Crippen LogP contribution in [0.1, 0.15) is 44.7 Å². The molecule has 0 bridgehead atoms. The number of benzene rings is 3. The Morgan fingerprint density at radius 3 is 2.33 bits per heavy atom. The monoisotopic (exact) mass is 504 g/mol. The smallest absolute Gasteiger partial charge is 0.339 e. The Labute approximate surface area is 217 Å². The first-order chi connectivity index (χ1) is 17.0. The van der Waals surface area contributed by atoms with Crippen LogP contribution in [0.3, 0.4) is 0 Å². The molecule has 1 saturated heterocycles. The van der Waals surface area contributed by atoms with Gasteiger partial charge in [0.25, 0.3) is 0 Å². The molecular formula is C29H29ClN2O4. The number of fused-ring (bicyclic) bond motifs is 3. The number of hydrogen-bond acceptors (Lipinski definition) is 6. The summed E-state index contributed by atoms with van der Waals surface area (Å²) in [6.45, 7) is 2.05. The van der Waals surface area contributed by atoms with Crippen molar-refractivity contribution in [3.05, 3.63) is 89.0 Å². The summed E-state index contributed by atoms with van der Waals surface area (Å²) in [4.78, 5) is 39.6. The zero-order chi connectivity index (χ0) is 24.4. The molecule has 186 valence electrons. The van der Waals surface area contributed by atoms with E-state index in [0.717, 1.165) is 53.9 Å². The number of methoxy groups -OCH3 is 1. The maximum absolute atomic E-state index is 12.8. The van der Waals surface area contributed by atoms with Gasteiger partial charge in [-0.05, 0) is 47.7 Å². The highest BCUT2D eigenvalue weighted by atomic mass is 35.5. The zero-order valence-electron chi connectivity index (χ0n) is 20.2. The standard InChI is InChI=1S/C29H28N2O4.ClH/c1-35-29(34)25-8-4-5-9-27(25)30-20-12-14-31(15-13-20)18-21(32)16-19-10-11-24-26(17-19)22-6-2-3-7-23(22)28(24)33;/h2-11,17,20,30H,12-16,18H2,1H3;1H. The van der Waals surface area contributed by atoms with E-state index in [9.17, 15) is 14.4 Å². The fraction of sp³-hybridized carbons (Fsp3) is 0.276. The molecule has 7 heteroatoms. The van der Waals surface area contributed by atoms with Gasteiger partial charge in [0.15, 0.2) is 11.6 Å². The van der Waals surface area contributed by atoms with Crippen molar-refractivity contribution in [3.63, 3.8) is 0 Å². The number of likely N-dealkylation sites (tertiary alicyclic amines) is 1. The van der Waals surface area contributed by atoms with Crippen LogP contribution < -0.4 is 5.32 Å². The summed E-state index contributed by atoms with van der Waals surface area (Å²) in [6.07, 6.45) is 2.13. The molecule has 3 aromatic rings. The number of nitrogens with zero attached hydrogens (tertiary/aromatic N) is 1. The second-order valence-corrected chi connectivity index (χ2v) is 9.20. The van der Waals surface area contributed by atoms with Crippen LogP contribution in [0.15, 0.2) is 66.7 Å². The van der Waals surface area contributed by atoms with Crippen molar-refractivity contribution < 1.29 is 19.1 Å². The number of ether oxygens (including phenoxy) is 1. The maximum atomic E-state index is 12.8. The minimum atomic E-state index is -0.351. The molecule has 0 amide bonds. The van der Waals surface area contributed by atoms with Crippen LogP contribution in [-0.2, 0) is 16.0 Å². The molecule has 36 heavy (non-hydrogen) atoms. The summed E-state index contributed by atoms with van der Waals surface area (Å²) < 4.78 is 4.88. The van der Waals surface area contributed by atoms with Gasteiger partial charge in [0.2, 0.25) is 0 Å². The molecule has 1 fully saturated rings. The number of para-hydroxylation sites is 1. The number of rotatable bonds is 7. The fourth-order valence-electron chi connectivity index (χ4n) is 5.07. The van der Waals surface area contributed by atoms with E-state index in [4.69, 9.17) is 4.74 Å². The van der Waals surface area contributed by atoms with E-state index in [2.05, 4.69) is 10.2 Å². The number of halogens is 1. The average molecular weight is 505 g/mol. The number of carbonyl (C=O) groups is 3. The van der Waals surface area contributed by atoms with Gasteiger partial charge in [-0.3, -0.25) is 14.5 Å². The van der Waals surface area contributed by atoms with Crippen LogP contribution in [0, 0.1) is 0 Å². The molecular weight excluding hydrogens is 476 g/mol. The van der Waals surface area contributed by atoms with Crippen LogP contribution in [0.4, 0.5) is 5.69 Å². The lowest BCUT2D eigenvalue weighted by Gasteiger charge is -2.32. The third-order valence-electron chi connectivity index (χ3n) is 6.87. The summed E-state index contributed by atoms with van der Waals surface area (Å²) in [6, 6.07) is 21.0. The predicted molar refractivity (Wildman–Crippen MR) is 142 cm³/mol. The molecule has 5 rings (SSSR count). The van der Waals surface area contributed by atoms with Gasteiger partial charge in [-0.25, -0.2) is 4.79 Å².